The predicted molar refractivity (Wildman–Crippen MR) is 156 cm³/mol. The molecule has 1 atom stereocenters. The molecule has 5 aromatic rings. The number of anilines is 3. The second-order valence-corrected chi connectivity index (χ2v) is 10.2. The Balaban J connectivity index is 0.00000323. The van der Waals surface area contributed by atoms with Gasteiger partial charge in [0.1, 0.15) is 23.6 Å². The van der Waals surface area contributed by atoms with Crippen molar-refractivity contribution in [2.75, 3.05) is 29.9 Å². The van der Waals surface area contributed by atoms with E-state index in [-0.39, 0.29) is 18.9 Å². The molecule has 3 heterocycles. The zero-order chi connectivity index (χ0) is 26.9. The molecule has 9 heteroatoms. The Morgan fingerprint density at radius 1 is 1.07 bits per heavy atom. The molecule has 0 radical (unpaired) electrons. The fourth-order valence-corrected chi connectivity index (χ4v) is 5.06. The normalized spacial score (nSPS) is 15.1. The summed E-state index contributed by atoms with van der Waals surface area (Å²) in [6, 6.07) is 16.2. The van der Waals surface area contributed by atoms with Crippen LogP contribution >= 0.6 is 0 Å². The number of nitrogens with one attached hydrogen (secondary N) is 1. The molecule has 0 saturated heterocycles. The predicted octanol–water partition coefficient (Wildman–Crippen LogP) is 3.81. The molecule has 40 heavy (non-hydrogen) atoms. The number of fused-ring (bicyclic) bond motifs is 4. The van der Waals surface area contributed by atoms with Crippen LogP contribution in [0.2, 0.25) is 0 Å². The van der Waals surface area contributed by atoms with Crippen LogP contribution in [0.4, 0.5) is 17.2 Å². The second-order valence-electron chi connectivity index (χ2n) is 10.2. The van der Waals surface area contributed by atoms with Gasteiger partial charge in [-0.25, -0.2) is 15.0 Å². The molecule has 0 aliphatic carbocycles. The van der Waals surface area contributed by atoms with Crippen LogP contribution in [0.1, 0.15) is 25.8 Å². The molecule has 0 bridgehead atoms. The summed E-state index contributed by atoms with van der Waals surface area (Å²) in [5, 5.41) is 4.42. The Hall–Kier alpha value is -3.73. The van der Waals surface area contributed by atoms with Crippen LogP contribution < -0.4 is 38.6 Å². The number of aromatic nitrogens is 4. The van der Waals surface area contributed by atoms with E-state index in [0.29, 0.717) is 12.5 Å². The molecular weight excluding hydrogens is 495 g/mol. The van der Waals surface area contributed by atoms with E-state index in [1.54, 1.807) is 6.33 Å². The van der Waals surface area contributed by atoms with Gasteiger partial charge in [-0.1, -0.05) is 13.8 Å². The number of hydrogen-bond donors (Lipinski definition) is 1. The van der Waals surface area contributed by atoms with Crippen molar-refractivity contribution in [3.63, 3.8) is 0 Å². The number of aryl methyl sites for hydroxylation is 2. The molecule has 200 valence electrons. The van der Waals surface area contributed by atoms with Crippen LogP contribution in [0.5, 0.6) is 17.2 Å². The molecule has 8 nitrogen and oxygen atoms in total. The SMILES string of the molecule is CCCN1C[CH-]C(C)COc2c1ccc1ncnc(Nc3ccc(Oc4ccc5c(c4)ncn5C)c(C)c3)c21.[Li+]. The summed E-state index contributed by atoms with van der Waals surface area (Å²) in [6.45, 7) is 8.90. The van der Waals surface area contributed by atoms with E-state index in [2.05, 4.69) is 63.6 Å². The first-order chi connectivity index (χ1) is 19.0. The molecule has 0 amide bonds. The molecular formula is C31H33LiN6O2. The number of rotatable bonds is 6. The standard InChI is InChI=1S/C31H33N6O2.Li/c1-5-13-37-14-12-20(2)17-38-30-27(37)10-8-24-29(30)31(33-18-32-24)35-22-6-11-28(21(3)15-22)39-23-7-9-26-25(16-23)34-19-36(26)4;/h6-12,15-16,18-20H,5,13-14,17H2,1-4H3,(H,32,33,35);/q-1;+1. The van der Waals surface area contributed by atoms with Crippen LogP contribution in [-0.4, -0.2) is 39.2 Å². The Morgan fingerprint density at radius 2 is 1.95 bits per heavy atom. The Kier molecular flexibility index (Phi) is 8.20. The van der Waals surface area contributed by atoms with Gasteiger partial charge in [0, 0.05) is 25.3 Å². The van der Waals surface area contributed by atoms with Gasteiger partial charge in [0.05, 0.1) is 40.6 Å². The zero-order valence-corrected chi connectivity index (χ0v) is 23.8. The van der Waals surface area contributed by atoms with Crippen molar-refractivity contribution in [2.24, 2.45) is 13.0 Å². The third-order valence-electron chi connectivity index (χ3n) is 7.15. The van der Waals surface area contributed by atoms with Crippen LogP contribution in [0.15, 0.2) is 61.2 Å². The Labute approximate surface area is 246 Å². The topological polar surface area (TPSA) is 77.3 Å². The van der Waals surface area contributed by atoms with Crippen LogP contribution in [-0.2, 0) is 7.05 Å². The van der Waals surface area contributed by atoms with Crippen molar-refractivity contribution in [3.05, 3.63) is 73.2 Å². The summed E-state index contributed by atoms with van der Waals surface area (Å²) in [5.41, 5.74) is 5.82. The van der Waals surface area contributed by atoms with Gasteiger partial charge in [0.25, 0.3) is 0 Å². The van der Waals surface area contributed by atoms with Gasteiger partial charge >= 0.3 is 18.9 Å². The molecule has 1 aliphatic rings. The van der Waals surface area contributed by atoms with E-state index >= 15 is 0 Å². The van der Waals surface area contributed by atoms with Gasteiger partial charge in [0.2, 0.25) is 0 Å². The third kappa shape index (κ3) is 5.47. The summed E-state index contributed by atoms with van der Waals surface area (Å²) in [5.74, 6) is 3.45. The molecule has 2 aromatic heterocycles. The smallest absolute Gasteiger partial charge is 0.493 e. The maximum atomic E-state index is 6.43. The van der Waals surface area contributed by atoms with Gasteiger partial charge < -0.3 is 30.7 Å². The van der Waals surface area contributed by atoms with Crippen molar-refractivity contribution in [1.82, 2.24) is 19.5 Å². The minimum absolute atomic E-state index is 0. The largest absolute Gasteiger partial charge is 1.00 e. The van der Waals surface area contributed by atoms with Gasteiger partial charge in [0.15, 0.2) is 5.75 Å². The van der Waals surface area contributed by atoms with Crippen molar-refractivity contribution in [3.8, 4) is 17.2 Å². The van der Waals surface area contributed by atoms with Crippen LogP contribution in [0, 0.1) is 19.3 Å². The Bertz CT molecular complexity index is 1650. The number of ether oxygens (including phenoxy) is 2. The van der Waals surface area contributed by atoms with Crippen LogP contribution in [0.25, 0.3) is 21.9 Å². The molecule has 6 rings (SSSR count). The number of imidazole rings is 1. The zero-order valence-electron chi connectivity index (χ0n) is 23.8. The van der Waals surface area contributed by atoms with E-state index in [4.69, 9.17) is 9.47 Å². The van der Waals surface area contributed by atoms with E-state index in [1.165, 1.54) is 0 Å². The molecule has 3 aromatic carbocycles. The fraction of sp³-hybridized carbons (Fsp3) is 0.290. The molecule has 1 N–H and O–H groups in total. The van der Waals surface area contributed by atoms with E-state index in [1.807, 2.05) is 55.2 Å². The second kappa shape index (κ2) is 11.8. The minimum atomic E-state index is 0. The quantitative estimate of drug-likeness (QED) is 0.265. The molecule has 1 aliphatic heterocycles. The summed E-state index contributed by atoms with van der Waals surface area (Å²) < 4.78 is 14.6. The molecule has 0 saturated carbocycles. The van der Waals surface area contributed by atoms with Gasteiger partial charge in [-0.15, -0.1) is 12.5 Å². The molecule has 0 spiro atoms. The molecule has 1 unspecified atom stereocenters. The maximum absolute atomic E-state index is 6.43. The average Bonchev–Trinajstić information content (AvgIpc) is 3.30. The van der Waals surface area contributed by atoms with Crippen molar-refractivity contribution >= 4 is 39.1 Å². The summed E-state index contributed by atoms with van der Waals surface area (Å²) in [6.07, 6.45) is 6.78. The monoisotopic (exact) mass is 528 g/mol. The van der Waals surface area contributed by atoms with Gasteiger partial charge in [-0.3, -0.25) is 0 Å². The summed E-state index contributed by atoms with van der Waals surface area (Å²) in [7, 11) is 1.98. The van der Waals surface area contributed by atoms with Crippen molar-refractivity contribution < 1.29 is 28.3 Å². The van der Waals surface area contributed by atoms with E-state index < -0.39 is 0 Å². The first-order valence-electron chi connectivity index (χ1n) is 13.5. The van der Waals surface area contributed by atoms with Crippen LogP contribution in [0.3, 0.4) is 0 Å². The third-order valence-corrected chi connectivity index (χ3v) is 7.15. The van der Waals surface area contributed by atoms with Gasteiger partial charge in [-0.05, 0) is 61.4 Å². The maximum Gasteiger partial charge on any atom is 1.00 e. The number of hydrogen-bond acceptors (Lipinski definition) is 7. The fourth-order valence-electron chi connectivity index (χ4n) is 5.06. The summed E-state index contributed by atoms with van der Waals surface area (Å²) in [4.78, 5) is 16.0. The average molecular weight is 529 g/mol. The first kappa shape index (κ1) is 27.8. The number of benzene rings is 3. The van der Waals surface area contributed by atoms with Crippen molar-refractivity contribution in [1.29, 1.82) is 0 Å². The van der Waals surface area contributed by atoms with E-state index in [0.717, 1.165) is 81.5 Å². The molecule has 0 fully saturated rings. The van der Waals surface area contributed by atoms with Gasteiger partial charge in [-0.2, -0.15) is 0 Å². The van der Waals surface area contributed by atoms with E-state index in [9.17, 15) is 0 Å². The Morgan fingerprint density at radius 3 is 2.77 bits per heavy atom. The van der Waals surface area contributed by atoms with Crippen molar-refractivity contribution in [2.45, 2.75) is 27.2 Å². The minimum Gasteiger partial charge on any atom is -0.493 e. The number of nitrogens with zero attached hydrogens (tertiary/aromatic N) is 5. The summed E-state index contributed by atoms with van der Waals surface area (Å²) >= 11 is 0. The first-order valence-corrected chi connectivity index (χ1v) is 13.5.